The van der Waals surface area contributed by atoms with Crippen LogP contribution in [0.5, 0.6) is 5.75 Å². The Morgan fingerprint density at radius 3 is 2.46 bits per heavy atom. The van der Waals surface area contributed by atoms with Crippen LogP contribution in [-0.4, -0.2) is 18.2 Å². The molecule has 0 aliphatic carbocycles. The van der Waals surface area contributed by atoms with Crippen LogP contribution >= 0.6 is 0 Å². The summed E-state index contributed by atoms with van der Waals surface area (Å²) in [4.78, 5) is 15.3. The maximum absolute atomic E-state index is 13.2. The number of nitrogens with zero attached hydrogens (tertiary/aromatic N) is 1. The van der Waals surface area contributed by atoms with Crippen molar-refractivity contribution in [2.24, 2.45) is 0 Å². The number of phenols is 1. The summed E-state index contributed by atoms with van der Waals surface area (Å²) in [5, 5.41) is 10.2. The summed E-state index contributed by atoms with van der Waals surface area (Å²) in [6.07, 6.45) is 3.34. The largest absolute Gasteiger partial charge is 0.508 e. The molecule has 4 nitrogen and oxygen atoms in total. The van der Waals surface area contributed by atoms with E-state index in [0.29, 0.717) is 22.4 Å². The number of hydrogen-bond acceptors (Lipinski definition) is 4. The number of benzene rings is 2. The van der Waals surface area contributed by atoms with Gasteiger partial charge in [0.05, 0.1) is 5.39 Å². The lowest BCUT2D eigenvalue weighted by atomic mass is 10.0. The highest BCUT2D eigenvalue weighted by atomic mass is 16.3. The number of hydrogen-bond donors (Lipinski definition) is 1. The van der Waals surface area contributed by atoms with E-state index in [9.17, 15) is 9.90 Å². The summed E-state index contributed by atoms with van der Waals surface area (Å²) in [6, 6.07) is 14.4. The van der Waals surface area contributed by atoms with Crippen LogP contribution in [0.1, 0.15) is 19.3 Å². The summed E-state index contributed by atoms with van der Waals surface area (Å²) < 4.78 is 6.12. The average Bonchev–Trinajstić information content (AvgIpc) is 2.63. The molecule has 1 fully saturated rings. The fourth-order valence-electron chi connectivity index (χ4n) is 3.36. The van der Waals surface area contributed by atoms with E-state index >= 15 is 0 Å². The van der Waals surface area contributed by atoms with Crippen LogP contribution < -0.4 is 10.3 Å². The zero-order chi connectivity index (χ0) is 16.5. The second-order valence-electron chi connectivity index (χ2n) is 6.20. The van der Waals surface area contributed by atoms with E-state index in [2.05, 4.69) is 4.90 Å². The summed E-state index contributed by atoms with van der Waals surface area (Å²) in [5.41, 5.74) is 1.93. The van der Waals surface area contributed by atoms with Crippen molar-refractivity contribution in [2.45, 2.75) is 19.3 Å². The van der Waals surface area contributed by atoms with Gasteiger partial charge >= 0.3 is 0 Å². The van der Waals surface area contributed by atoms with Crippen molar-refractivity contribution < 1.29 is 9.52 Å². The maximum atomic E-state index is 13.2. The quantitative estimate of drug-likeness (QED) is 0.770. The first-order valence-electron chi connectivity index (χ1n) is 8.34. The normalized spacial score (nSPS) is 14.9. The smallest absolute Gasteiger partial charge is 0.216 e. The lowest BCUT2D eigenvalue weighted by Gasteiger charge is -2.29. The highest BCUT2D eigenvalue weighted by molar-refractivity contribution is 5.87. The van der Waals surface area contributed by atoms with Crippen molar-refractivity contribution in [3.05, 3.63) is 58.8 Å². The van der Waals surface area contributed by atoms with Gasteiger partial charge < -0.3 is 14.4 Å². The highest BCUT2D eigenvalue weighted by Crippen LogP contribution is 2.33. The predicted molar refractivity (Wildman–Crippen MR) is 95.6 cm³/mol. The molecular formula is C20H19NO3. The van der Waals surface area contributed by atoms with Crippen LogP contribution in [0, 0.1) is 0 Å². The van der Waals surface area contributed by atoms with Crippen LogP contribution in [0.3, 0.4) is 0 Å². The number of phenolic OH excluding ortho intramolecular Hbond substituents is 1. The van der Waals surface area contributed by atoms with Gasteiger partial charge in [-0.3, -0.25) is 4.79 Å². The minimum atomic E-state index is -0.0760. The van der Waals surface area contributed by atoms with E-state index in [4.69, 9.17) is 4.42 Å². The summed E-state index contributed by atoms with van der Waals surface area (Å²) >= 11 is 0. The fourth-order valence-corrected chi connectivity index (χ4v) is 3.36. The predicted octanol–water partition coefficient (Wildman–Crippen LogP) is 4.16. The number of fused-ring (bicyclic) bond motifs is 1. The van der Waals surface area contributed by atoms with Gasteiger partial charge in [0.1, 0.15) is 17.0 Å². The van der Waals surface area contributed by atoms with Crippen molar-refractivity contribution in [2.75, 3.05) is 18.0 Å². The molecule has 0 amide bonds. The van der Waals surface area contributed by atoms with Crippen molar-refractivity contribution in [3.63, 3.8) is 0 Å². The molecule has 0 radical (unpaired) electrons. The Hall–Kier alpha value is -2.75. The standard InChI is InChI=1S/C20H19NO3/c22-15-9-10-17-16(13-15)19(23)18(21-11-5-2-6-12-21)20(24-17)14-7-3-1-4-8-14/h1,3-4,7-10,13,22H,2,5-6,11-12H2. The molecule has 1 aliphatic rings. The zero-order valence-electron chi connectivity index (χ0n) is 13.4. The lowest BCUT2D eigenvalue weighted by molar-refractivity contribution is 0.475. The second-order valence-corrected chi connectivity index (χ2v) is 6.20. The first kappa shape index (κ1) is 14.8. The molecule has 1 aliphatic heterocycles. The van der Waals surface area contributed by atoms with Crippen molar-refractivity contribution in [1.29, 1.82) is 0 Å². The highest BCUT2D eigenvalue weighted by Gasteiger charge is 2.23. The minimum absolute atomic E-state index is 0.0758. The first-order chi connectivity index (χ1) is 11.7. The Bertz CT molecular complexity index is 925. The molecular weight excluding hydrogens is 302 g/mol. The van der Waals surface area contributed by atoms with Gasteiger partial charge in [-0.1, -0.05) is 30.3 Å². The third-order valence-corrected chi connectivity index (χ3v) is 4.56. The fraction of sp³-hybridized carbons (Fsp3) is 0.250. The van der Waals surface area contributed by atoms with E-state index < -0.39 is 0 Å². The van der Waals surface area contributed by atoms with E-state index in [0.717, 1.165) is 31.5 Å². The third-order valence-electron chi connectivity index (χ3n) is 4.56. The molecule has 24 heavy (non-hydrogen) atoms. The topological polar surface area (TPSA) is 53.7 Å². The van der Waals surface area contributed by atoms with Crippen molar-refractivity contribution in [1.82, 2.24) is 0 Å². The number of aromatic hydroxyl groups is 1. The van der Waals surface area contributed by atoms with Gasteiger partial charge in [-0.05, 0) is 37.5 Å². The Balaban J connectivity index is 2.01. The van der Waals surface area contributed by atoms with E-state index in [1.54, 1.807) is 12.1 Å². The summed E-state index contributed by atoms with van der Waals surface area (Å²) in [6.45, 7) is 1.71. The molecule has 1 aromatic heterocycles. The molecule has 0 spiro atoms. The summed E-state index contributed by atoms with van der Waals surface area (Å²) in [7, 11) is 0. The van der Waals surface area contributed by atoms with Crippen molar-refractivity contribution in [3.8, 4) is 17.1 Å². The molecule has 2 heterocycles. The Morgan fingerprint density at radius 2 is 1.71 bits per heavy atom. The van der Waals surface area contributed by atoms with Crippen LogP contribution in [-0.2, 0) is 0 Å². The second kappa shape index (κ2) is 6.04. The molecule has 1 N–H and O–H groups in total. The molecule has 4 rings (SSSR count). The maximum Gasteiger partial charge on any atom is 0.216 e. The monoisotopic (exact) mass is 321 g/mol. The third kappa shape index (κ3) is 2.54. The number of rotatable bonds is 2. The van der Waals surface area contributed by atoms with Crippen LogP contribution in [0.4, 0.5) is 5.69 Å². The van der Waals surface area contributed by atoms with Crippen molar-refractivity contribution >= 4 is 16.7 Å². The molecule has 0 unspecified atom stereocenters. The number of anilines is 1. The average molecular weight is 321 g/mol. The Kier molecular flexibility index (Phi) is 3.73. The molecule has 122 valence electrons. The SMILES string of the molecule is O=c1c(N2CCCCC2)c(-c2ccccc2)oc2ccc(O)cc12. The molecule has 4 heteroatoms. The van der Waals surface area contributed by atoms with Gasteiger partial charge in [-0.25, -0.2) is 0 Å². The van der Waals surface area contributed by atoms with E-state index in [1.165, 1.54) is 12.5 Å². The lowest BCUT2D eigenvalue weighted by Crippen LogP contribution is -2.33. The molecule has 0 bridgehead atoms. The van der Waals surface area contributed by atoms with Gasteiger partial charge in [-0.2, -0.15) is 0 Å². The van der Waals surface area contributed by atoms with Crippen LogP contribution in [0.25, 0.3) is 22.3 Å². The zero-order valence-corrected chi connectivity index (χ0v) is 13.4. The Labute approximate surface area is 140 Å². The number of piperidine rings is 1. The molecule has 3 aromatic rings. The van der Waals surface area contributed by atoms with Gasteiger partial charge in [-0.15, -0.1) is 0 Å². The van der Waals surface area contributed by atoms with Crippen LogP contribution in [0.2, 0.25) is 0 Å². The Morgan fingerprint density at radius 1 is 0.958 bits per heavy atom. The van der Waals surface area contributed by atoms with Gasteiger partial charge in [0.25, 0.3) is 0 Å². The first-order valence-corrected chi connectivity index (χ1v) is 8.34. The molecule has 0 atom stereocenters. The van der Waals surface area contributed by atoms with Gasteiger partial charge in [0, 0.05) is 18.7 Å². The molecule has 2 aromatic carbocycles. The molecule has 1 saturated heterocycles. The van der Waals surface area contributed by atoms with E-state index in [-0.39, 0.29) is 11.2 Å². The van der Waals surface area contributed by atoms with E-state index in [1.807, 2.05) is 30.3 Å². The van der Waals surface area contributed by atoms with Gasteiger partial charge in [0.2, 0.25) is 5.43 Å². The molecule has 0 saturated carbocycles. The minimum Gasteiger partial charge on any atom is -0.508 e. The van der Waals surface area contributed by atoms with Crippen LogP contribution in [0.15, 0.2) is 57.7 Å². The van der Waals surface area contributed by atoms with Gasteiger partial charge in [0.15, 0.2) is 5.76 Å². The summed E-state index contributed by atoms with van der Waals surface area (Å²) in [5.74, 6) is 0.688.